The molecule has 0 saturated heterocycles. The maximum absolute atomic E-state index is 11.6. The molecule has 4 aromatic rings. The molecule has 0 bridgehead atoms. The van der Waals surface area contributed by atoms with Gasteiger partial charge in [0, 0.05) is 0 Å². The summed E-state index contributed by atoms with van der Waals surface area (Å²) in [6, 6.07) is 37.7. The second-order valence-electron chi connectivity index (χ2n) is 7.35. The van der Waals surface area contributed by atoms with Crippen LogP contribution >= 0.6 is 17.2 Å². The third-order valence-corrected chi connectivity index (χ3v) is 12.7. The molecule has 0 aliphatic rings. The van der Waals surface area contributed by atoms with Gasteiger partial charge in [0.25, 0.3) is 0 Å². The van der Waals surface area contributed by atoms with E-state index in [0.29, 0.717) is 6.16 Å². The zero-order chi connectivity index (χ0) is 21.1. The summed E-state index contributed by atoms with van der Waals surface area (Å²) in [6.45, 7) is 0. The Kier molecular flexibility index (Phi) is 5.47. The van der Waals surface area contributed by atoms with E-state index in [1.54, 1.807) is 18.2 Å². The topological polar surface area (TPSA) is 37.3 Å². The Morgan fingerprint density at radius 1 is 0.667 bits per heavy atom. The van der Waals surface area contributed by atoms with Crippen molar-refractivity contribution in [2.24, 2.45) is 0 Å². The Labute approximate surface area is 181 Å². The second kappa shape index (κ2) is 8.07. The summed E-state index contributed by atoms with van der Waals surface area (Å²) >= 11 is 8.02. The van der Waals surface area contributed by atoms with Crippen LogP contribution in [0.3, 0.4) is 0 Å². The van der Waals surface area contributed by atoms with Gasteiger partial charge in [0.05, 0.1) is 0 Å². The first-order valence-corrected chi connectivity index (χ1v) is 13.1. The molecule has 0 fully saturated rings. The molecule has 0 aromatic heterocycles. The molecule has 0 heterocycles. The number of carboxylic acids is 1. The molecule has 0 amide bonds. The van der Waals surface area contributed by atoms with Gasteiger partial charge in [0.2, 0.25) is 0 Å². The normalized spacial score (nSPS) is 12.6. The molecule has 1 N–H and O–H groups in total. The van der Waals surface area contributed by atoms with Crippen LogP contribution in [0.1, 0.15) is 15.9 Å². The Morgan fingerprint density at radius 2 is 1.10 bits per heavy atom. The minimum atomic E-state index is -3.46. The molecular weight excluding hydrogens is 411 g/mol. The van der Waals surface area contributed by atoms with Gasteiger partial charge in [-0.2, -0.15) is 0 Å². The van der Waals surface area contributed by atoms with Crippen molar-refractivity contribution >= 4 is 39.1 Å². The molecule has 0 aliphatic heterocycles. The first-order valence-electron chi connectivity index (χ1n) is 9.74. The SMILES string of the molecule is O=C(O)c1cccc(CP(Cl)(c2ccccc2)(c2ccccc2)c2ccccc2)c1. The molecule has 0 radical (unpaired) electrons. The first kappa shape index (κ1) is 20.3. The van der Waals surface area contributed by atoms with Crippen LogP contribution in [0.25, 0.3) is 0 Å². The van der Waals surface area contributed by atoms with Crippen molar-refractivity contribution in [2.45, 2.75) is 6.16 Å². The molecule has 0 atom stereocenters. The zero-order valence-electron chi connectivity index (χ0n) is 16.4. The van der Waals surface area contributed by atoms with E-state index in [0.717, 1.165) is 21.5 Å². The van der Waals surface area contributed by atoms with Gasteiger partial charge < -0.3 is 0 Å². The fourth-order valence-corrected chi connectivity index (χ4v) is 10.2. The van der Waals surface area contributed by atoms with Crippen molar-refractivity contribution in [3.63, 3.8) is 0 Å². The van der Waals surface area contributed by atoms with Gasteiger partial charge in [-0.25, -0.2) is 0 Å². The van der Waals surface area contributed by atoms with Gasteiger partial charge in [-0.05, 0) is 0 Å². The van der Waals surface area contributed by atoms with Crippen molar-refractivity contribution in [2.75, 3.05) is 0 Å². The minimum absolute atomic E-state index is 0.267. The van der Waals surface area contributed by atoms with Gasteiger partial charge in [0.1, 0.15) is 0 Å². The summed E-state index contributed by atoms with van der Waals surface area (Å²) in [5.41, 5.74) is 1.17. The van der Waals surface area contributed by atoms with E-state index in [9.17, 15) is 9.90 Å². The second-order valence-corrected chi connectivity index (χ2v) is 13.8. The standard InChI is InChI=1S/C26H22ClO2P/c27-30(23-13-4-1-5-14-23,24-15-6-2-7-16-24,25-17-8-3-9-18-25)20-21-11-10-12-22(19-21)26(28)29/h1-19H,20H2,(H,28,29). The number of carbonyl (C=O) groups is 1. The van der Waals surface area contributed by atoms with E-state index >= 15 is 0 Å². The summed E-state index contributed by atoms with van der Waals surface area (Å²) in [6.07, 6.45) is 0.520. The van der Waals surface area contributed by atoms with Crippen LogP contribution in [-0.2, 0) is 6.16 Å². The summed E-state index contributed by atoms with van der Waals surface area (Å²) in [5.74, 6) is -4.40. The van der Waals surface area contributed by atoms with Crippen molar-refractivity contribution in [1.29, 1.82) is 0 Å². The van der Waals surface area contributed by atoms with Gasteiger partial charge >= 0.3 is 182 Å². The van der Waals surface area contributed by atoms with Gasteiger partial charge in [-0.15, -0.1) is 0 Å². The van der Waals surface area contributed by atoms with Crippen molar-refractivity contribution in [3.05, 3.63) is 126 Å². The number of rotatable bonds is 6. The van der Waals surface area contributed by atoms with Crippen LogP contribution in [0, 0.1) is 0 Å². The number of hydrogen-bond donors (Lipinski definition) is 1. The quantitative estimate of drug-likeness (QED) is 0.404. The van der Waals surface area contributed by atoms with E-state index in [-0.39, 0.29) is 5.56 Å². The monoisotopic (exact) mass is 432 g/mol. The van der Waals surface area contributed by atoms with Crippen LogP contribution < -0.4 is 15.9 Å². The number of halogens is 1. The van der Waals surface area contributed by atoms with Crippen LogP contribution in [0.5, 0.6) is 0 Å². The molecule has 0 aliphatic carbocycles. The molecule has 4 heteroatoms. The summed E-state index contributed by atoms with van der Waals surface area (Å²) < 4.78 is 0. The van der Waals surface area contributed by atoms with Crippen molar-refractivity contribution in [1.82, 2.24) is 0 Å². The Hall–Kier alpha value is -2.93. The number of benzene rings is 4. The Balaban J connectivity index is 2.06. The van der Waals surface area contributed by atoms with E-state index in [1.165, 1.54) is 0 Å². The predicted molar refractivity (Wildman–Crippen MR) is 128 cm³/mol. The van der Waals surface area contributed by atoms with Gasteiger partial charge in [-0.1, -0.05) is 0 Å². The summed E-state index contributed by atoms with van der Waals surface area (Å²) in [5, 5.41) is 12.7. The Morgan fingerprint density at radius 3 is 1.50 bits per heavy atom. The fraction of sp³-hybridized carbons (Fsp3) is 0.0385. The van der Waals surface area contributed by atoms with Gasteiger partial charge in [-0.3, -0.25) is 0 Å². The molecule has 2 nitrogen and oxygen atoms in total. The maximum atomic E-state index is 11.6. The average Bonchev–Trinajstić information content (AvgIpc) is 2.81. The number of aromatic carboxylic acids is 1. The first-order chi connectivity index (χ1) is 14.5. The van der Waals surface area contributed by atoms with E-state index in [1.807, 2.05) is 60.7 Å². The molecule has 30 heavy (non-hydrogen) atoms. The average molecular weight is 433 g/mol. The zero-order valence-corrected chi connectivity index (χ0v) is 18.0. The summed E-state index contributed by atoms with van der Waals surface area (Å²) in [4.78, 5) is 11.6. The fourth-order valence-electron chi connectivity index (χ4n) is 4.08. The number of carboxylic acid groups (broad SMARTS) is 1. The number of hydrogen-bond acceptors (Lipinski definition) is 1. The van der Waals surface area contributed by atoms with Crippen LogP contribution in [0.15, 0.2) is 115 Å². The molecular formula is C26H22ClO2P. The van der Waals surface area contributed by atoms with E-state index < -0.39 is 11.9 Å². The van der Waals surface area contributed by atoms with Crippen LogP contribution in [0.2, 0.25) is 0 Å². The Bertz CT molecular complexity index is 1060. The molecule has 0 spiro atoms. The van der Waals surface area contributed by atoms with E-state index in [2.05, 4.69) is 36.4 Å². The van der Waals surface area contributed by atoms with E-state index in [4.69, 9.17) is 11.2 Å². The van der Waals surface area contributed by atoms with Crippen molar-refractivity contribution in [3.8, 4) is 0 Å². The third kappa shape index (κ3) is 3.43. The molecule has 0 unspecified atom stereocenters. The summed E-state index contributed by atoms with van der Waals surface area (Å²) in [7, 11) is 0. The third-order valence-electron chi connectivity index (χ3n) is 5.54. The van der Waals surface area contributed by atoms with Crippen molar-refractivity contribution < 1.29 is 9.90 Å². The van der Waals surface area contributed by atoms with Crippen LogP contribution in [-0.4, -0.2) is 11.1 Å². The van der Waals surface area contributed by atoms with Crippen LogP contribution in [0.4, 0.5) is 0 Å². The molecule has 4 aromatic carbocycles. The molecule has 0 saturated carbocycles. The predicted octanol–water partition coefficient (Wildman–Crippen LogP) is 5.57. The molecule has 150 valence electrons. The van der Waals surface area contributed by atoms with Gasteiger partial charge in [0.15, 0.2) is 0 Å². The molecule has 4 rings (SSSR count).